The molecule has 0 aromatic rings. The normalized spacial score (nSPS) is 11.9. The van der Waals surface area contributed by atoms with E-state index in [1.54, 1.807) is 0 Å². The van der Waals surface area contributed by atoms with E-state index >= 15 is 0 Å². The van der Waals surface area contributed by atoms with Crippen LogP contribution in [0.3, 0.4) is 0 Å². The first-order valence-corrected chi connectivity index (χ1v) is 4.70. The summed E-state index contributed by atoms with van der Waals surface area (Å²) in [5.74, 6) is -1.08. The zero-order valence-electron chi connectivity index (χ0n) is 8.52. The van der Waals surface area contributed by atoms with Gasteiger partial charge in [0.15, 0.2) is 0 Å². The van der Waals surface area contributed by atoms with Gasteiger partial charge in [0.25, 0.3) is 0 Å². The van der Waals surface area contributed by atoms with E-state index in [9.17, 15) is 9.59 Å². The van der Waals surface area contributed by atoms with Gasteiger partial charge in [0.05, 0.1) is 0 Å². The Morgan fingerprint density at radius 1 is 1.23 bits per heavy atom. The van der Waals surface area contributed by atoms with Crippen molar-refractivity contribution in [1.29, 1.82) is 0 Å². The highest BCUT2D eigenvalue weighted by molar-refractivity contribution is 6.35. The molecule has 0 spiro atoms. The fraction of sp³-hybridized carbons (Fsp3) is 0.778. The average molecular weight is 186 g/mol. The van der Waals surface area contributed by atoms with Crippen molar-refractivity contribution < 1.29 is 9.59 Å². The summed E-state index contributed by atoms with van der Waals surface area (Å²) in [5, 5.41) is 5.10. The van der Waals surface area contributed by atoms with E-state index in [0.29, 0.717) is 6.54 Å². The third-order valence-electron chi connectivity index (χ3n) is 1.73. The van der Waals surface area contributed by atoms with Crippen LogP contribution in [0, 0.1) is 0 Å². The maximum atomic E-state index is 11.1. The summed E-state index contributed by atoms with van der Waals surface area (Å²) in [7, 11) is 0. The molecule has 0 aromatic carbocycles. The van der Waals surface area contributed by atoms with Crippen LogP contribution in [0.2, 0.25) is 0 Å². The van der Waals surface area contributed by atoms with Gasteiger partial charge in [-0.2, -0.15) is 0 Å². The molecule has 0 saturated heterocycles. The number of amides is 2. The van der Waals surface area contributed by atoms with Crippen molar-refractivity contribution >= 4 is 11.8 Å². The highest BCUT2D eigenvalue weighted by atomic mass is 16.2. The van der Waals surface area contributed by atoms with Crippen molar-refractivity contribution in [3.05, 3.63) is 0 Å². The van der Waals surface area contributed by atoms with E-state index in [-0.39, 0.29) is 6.04 Å². The number of rotatable bonds is 4. The van der Waals surface area contributed by atoms with Crippen molar-refractivity contribution in [3.63, 3.8) is 0 Å². The number of hydrogen-bond donors (Lipinski definition) is 2. The molecular weight excluding hydrogens is 168 g/mol. The number of hydrogen-bond acceptors (Lipinski definition) is 2. The molecule has 4 nitrogen and oxygen atoms in total. The third kappa shape index (κ3) is 5.22. The molecule has 0 unspecified atom stereocenters. The standard InChI is InChI=1S/C9H18N2O2/c1-4-6-10-8(12)9(13)11-7(3)5-2/h7H,4-6H2,1-3H3,(H,10,12)(H,11,13)/t7-/m0/s1. The van der Waals surface area contributed by atoms with E-state index < -0.39 is 11.8 Å². The zero-order chi connectivity index (χ0) is 10.3. The largest absolute Gasteiger partial charge is 0.348 e. The number of carbonyl (C=O) groups excluding carboxylic acids is 2. The van der Waals surface area contributed by atoms with Crippen molar-refractivity contribution in [3.8, 4) is 0 Å². The van der Waals surface area contributed by atoms with E-state index in [2.05, 4.69) is 10.6 Å². The fourth-order valence-corrected chi connectivity index (χ4v) is 0.710. The van der Waals surface area contributed by atoms with E-state index in [4.69, 9.17) is 0 Å². The van der Waals surface area contributed by atoms with Crippen LogP contribution in [0.4, 0.5) is 0 Å². The van der Waals surface area contributed by atoms with Gasteiger partial charge in [0.2, 0.25) is 0 Å². The highest BCUT2D eigenvalue weighted by Gasteiger charge is 2.13. The van der Waals surface area contributed by atoms with Gasteiger partial charge in [-0.3, -0.25) is 9.59 Å². The lowest BCUT2D eigenvalue weighted by Crippen LogP contribution is -2.43. The molecule has 0 aliphatic carbocycles. The molecule has 0 saturated carbocycles. The van der Waals surface area contributed by atoms with Crippen LogP contribution in [-0.2, 0) is 9.59 Å². The summed E-state index contributed by atoms with van der Waals surface area (Å²) >= 11 is 0. The van der Waals surface area contributed by atoms with Crippen LogP contribution in [-0.4, -0.2) is 24.4 Å². The summed E-state index contributed by atoms with van der Waals surface area (Å²) in [5.41, 5.74) is 0. The lowest BCUT2D eigenvalue weighted by molar-refractivity contribution is -0.139. The Morgan fingerprint density at radius 3 is 2.31 bits per heavy atom. The minimum absolute atomic E-state index is 0.0554. The van der Waals surface area contributed by atoms with Crippen LogP contribution in [0.25, 0.3) is 0 Å². The van der Waals surface area contributed by atoms with Crippen LogP contribution in [0.5, 0.6) is 0 Å². The monoisotopic (exact) mass is 186 g/mol. The Balaban J connectivity index is 3.76. The van der Waals surface area contributed by atoms with Gasteiger partial charge in [0, 0.05) is 12.6 Å². The van der Waals surface area contributed by atoms with Crippen molar-refractivity contribution in [2.24, 2.45) is 0 Å². The number of carbonyl (C=O) groups is 2. The molecule has 13 heavy (non-hydrogen) atoms. The zero-order valence-corrected chi connectivity index (χ0v) is 8.52. The Labute approximate surface area is 79.1 Å². The molecule has 0 bridgehead atoms. The lowest BCUT2D eigenvalue weighted by atomic mass is 10.2. The second-order valence-corrected chi connectivity index (χ2v) is 3.04. The highest BCUT2D eigenvalue weighted by Crippen LogP contribution is 1.86. The van der Waals surface area contributed by atoms with Crippen molar-refractivity contribution in [1.82, 2.24) is 10.6 Å². The maximum absolute atomic E-state index is 11.1. The summed E-state index contributed by atoms with van der Waals surface area (Å²) in [6.45, 7) is 6.31. The molecule has 2 N–H and O–H groups in total. The number of nitrogens with one attached hydrogen (secondary N) is 2. The van der Waals surface area contributed by atoms with Crippen molar-refractivity contribution in [2.75, 3.05) is 6.54 Å². The summed E-state index contributed by atoms with van der Waals surface area (Å²) in [6, 6.07) is 0.0554. The Hall–Kier alpha value is -1.06. The molecule has 0 aromatic heterocycles. The minimum atomic E-state index is -0.540. The van der Waals surface area contributed by atoms with Crippen LogP contribution in [0.1, 0.15) is 33.6 Å². The Bertz CT molecular complexity index is 180. The molecule has 0 aliphatic rings. The first-order valence-electron chi connectivity index (χ1n) is 4.70. The summed E-state index contributed by atoms with van der Waals surface area (Å²) < 4.78 is 0. The lowest BCUT2D eigenvalue weighted by Gasteiger charge is -2.10. The first kappa shape index (κ1) is 11.9. The quantitative estimate of drug-likeness (QED) is 0.625. The molecular formula is C9H18N2O2. The molecule has 0 rings (SSSR count). The Kier molecular flexibility index (Phi) is 5.93. The van der Waals surface area contributed by atoms with Gasteiger partial charge < -0.3 is 10.6 Å². The summed E-state index contributed by atoms with van der Waals surface area (Å²) in [4.78, 5) is 22.1. The van der Waals surface area contributed by atoms with Gasteiger partial charge in [-0.15, -0.1) is 0 Å². The third-order valence-corrected chi connectivity index (χ3v) is 1.73. The topological polar surface area (TPSA) is 58.2 Å². The second kappa shape index (κ2) is 6.46. The molecule has 1 atom stereocenters. The predicted octanol–water partition coefficient (Wildman–Crippen LogP) is 0.427. The molecule has 0 heterocycles. The first-order chi connectivity index (χ1) is 6.11. The van der Waals surface area contributed by atoms with E-state index in [1.165, 1.54) is 0 Å². The molecule has 0 fully saturated rings. The maximum Gasteiger partial charge on any atom is 0.309 e. The van der Waals surface area contributed by atoms with Crippen LogP contribution < -0.4 is 10.6 Å². The van der Waals surface area contributed by atoms with Gasteiger partial charge >= 0.3 is 11.8 Å². The molecule has 0 radical (unpaired) electrons. The molecule has 76 valence electrons. The van der Waals surface area contributed by atoms with Gasteiger partial charge in [-0.25, -0.2) is 0 Å². The van der Waals surface area contributed by atoms with E-state index in [1.807, 2.05) is 20.8 Å². The van der Waals surface area contributed by atoms with Crippen molar-refractivity contribution in [2.45, 2.75) is 39.7 Å². The van der Waals surface area contributed by atoms with E-state index in [0.717, 1.165) is 12.8 Å². The average Bonchev–Trinajstić information content (AvgIpc) is 2.13. The fourth-order valence-electron chi connectivity index (χ4n) is 0.710. The SMILES string of the molecule is CCCNC(=O)C(=O)N[C@@H](C)CC. The van der Waals surface area contributed by atoms with Crippen LogP contribution >= 0.6 is 0 Å². The van der Waals surface area contributed by atoms with Gasteiger partial charge in [-0.1, -0.05) is 13.8 Å². The van der Waals surface area contributed by atoms with Gasteiger partial charge in [0.1, 0.15) is 0 Å². The molecule has 2 amide bonds. The second-order valence-electron chi connectivity index (χ2n) is 3.04. The van der Waals surface area contributed by atoms with Gasteiger partial charge in [-0.05, 0) is 19.8 Å². The summed E-state index contributed by atoms with van der Waals surface area (Å²) in [6.07, 6.45) is 1.66. The van der Waals surface area contributed by atoms with Crippen LogP contribution in [0.15, 0.2) is 0 Å². The minimum Gasteiger partial charge on any atom is -0.348 e. The Morgan fingerprint density at radius 2 is 1.85 bits per heavy atom. The molecule has 4 heteroatoms. The smallest absolute Gasteiger partial charge is 0.309 e. The molecule has 0 aliphatic heterocycles. The predicted molar refractivity (Wildman–Crippen MR) is 51.2 cm³/mol.